The van der Waals surface area contributed by atoms with Crippen LogP contribution in [-0.2, 0) is 0 Å². The summed E-state index contributed by atoms with van der Waals surface area (Å²) in [5.74, 6) is 2.21. The summed E-state index contributed by atoms with van der Waals surface area (Å²) in [5.41, 5.74) is 2.44. The third kappa shape index (κ3) is 6.17. The normalized spacial score (nSPS) is 19.8. The number of carbonyl (C=O) groups excluding carboxylic acids is 1. The molecule has 2 aliphatic heterocycles. The Morgan fingerprint density at radius 3 is 2.47 bits per heavy atom. The summed E-state index contributed by atoms with van der Waals surface area (Å²) in [6, 6.07) is 9.48. The highest BCUT2D eigenvalue weighted by Crippen LogP contribution is 2.30. The summed E-state index contributed by atoms with van der Waals surface area (Å²) in [7, 11) is 3.52. The minimum absolute atomic E-state index is 0.0535. The van der Waals surface area contributed by atoms with Crippen molar-refractivity contribution in [3.63, 3.8) is 0 Å². The average Bonchev–Trinajstić information content (AvgIpc) is 2.85. The van der Waals surface area contributed by atoms with Crippen LogP contribution < -0.4 is 15.5 Å². The zero-order chi connectivity index (χ0) is 24.1. The van der Waals surface area contributed by atoms with Gasteiger partial charge in [0.2, 0.25) is 0 Å². The Bertz CT molecular complexity index is 938. The summed E-state index contributed by atoms with van der Waals surface area (Å²) in [4.78, 5) is 27.6. The summed E-state index contributed by atoms with van der Waals surface area (Å²) in [5, 5.41) is 6.50. The summed E-state index contributed by atoms with van der Waals surface area (Å²) < 4.78 is 0. The van der Waals surface area contributed by atoms with E-state index in [4.69, 9.17) is 4.98 Å². The Morgan fingerprint density at radius 1 is 1.06 bits per heavy atom. The fourth-order valence-electron chi connectivity index (χ4n) is 4.91. The zero-order valence-electron chi connectivity index (χ0n) is 21.0. The maximum atomic E-state index is 12.0. The van der Waals surface area contributed by atoms with Gasteiger partial charge >= 0.3 is 6.03 Å². The molecule has 2 N–H and O–H groups in total. The van der Waals surface area contributed by atoms with Gasteiger partial charge in [-0.1, -0.05) is 12.1 Å². The predicted molar refractivity (Wildman–Crippen MR) is 138 cm³/mol. The molecule has 2 amide bonds. The number of nitrogens with one attached hydrogen (secondary N) is 2. The van der Waals surface area contributed by atoms with Crippen molar-refractivity contribution in [3.05, 3.63) is 42.2 Å². The SMILES string of the molecule is CC(C)N1CCC(c2ccc(Nc3cncc(N4CCC[C@@H](NC(=O)N(C)C)C4)n3)cc2)CC1. The fraction of sp³-hybridized carbons (Fsp3) is 0.577. The summed E-state index contributed by atoms with van der Waals surface area (Å²) in [6.45, 7) is 8.58. The Labute approximate surface area is 203 Å². The lowest BCUT2D eigenvalue weighted by atomic mass is 9.89. The van der Waals surface area contributed by atoms with Crippen molar-refractivity contribution < 1.29 is 4.79 Å². The molecule has 8 heteroatoms. The minimum atomic E-state index is -0.0535. The number of nitrogens with zero attached hydrogens (tertiary/aromatic N) is 5. The zero-order valence-corrected chi connectivity index (χ0v) is 21.0. The van der Waals surface area contributed by atoms with Gasteiger partial charge in [0.1, 0.15) is 5.82 Å². The molecule has 8 nitrogen and oxygen atoms in total. The molecule has 0 radical (unpaired) electrons. The first-order valence-corrected chi connectivity index (χ1v) is 12.5. The Hall–Kier alpha value is -2.87. The molecule has 0 unspecified atom stereocenters. The smallest absolute Gasteiger partial charge is 0.317 e. The number of piperidine rings is 2. The predicted octanol–water partition coefficient (Wildman–Crippen LogP) is 4.05. The van der Waals surface area contributed by atoms with Crippen LogP contribution in [0.15, 0.2) is 36.7 Å². The largest absolute Gasteiger partial charge is 0.353 e. The lowest BCUT2D eigenvalue weighted by molar-refractivity contribution is 0.172. The standard InChI is InChI=1S/C26H39N7O/c1-19(2)32-14-11-21(12-15-32)20-7-9-22(10-8-20)28-24-16-27-17-25(30-24)33-13-5-6-23(18-33)29-26(34)31(3)4/h7-10,16-17,19,21,23H,5-6,11-15,18H2,1-4H3,(H,28,30)(H,29,34)/t23-/m1/s1. The number of likely N-dealkylation sites (tertiary alicyclic amines) is 1. The van der Waals surface area contributed by atoms with E-state index in [0.717, 1.165) is 43.3 Å². The van der Waals surface area contributed by atoms with Gasteiger partial charge in [-0.25, -0.2) is 9.78 Å². The molecule has 1 aromatic carbocycles. The summed E-state index contributed by atoms with van der Waals surface area (Å²) >= 11 is 0. The van der Waals surface area contributed by atoms with E-state index in [1.807, 2.05) is 0 Å². The first-order valence-electron chi connectivity index (χ1n) is 12.5. The van der Waals surface area contributed by atoms with E-state index in [1.54, 1.807) is 31.4 Å². The quantitative estimate of drug-likeness (QED) is 0.670. The van der Waals surface area contributed by atoms with Gasteiger partial charge in [0.15, 0.2) is 5.82 Å². The van der Waals surface area contributed by atoms with Crippen molar-refractivity contribution in [2.24, 2.45) is 0 Å². The third-order valence-corrected chi connectivity index (χ3v) is 7.02. The van der Waals surface area contributed by atoms with E-state index in [2.05, 4.69) is 63.5 Å². The maximum absolute atomic E-state index is 12.0. The van der Waals surface area contributed by atoms with Crippen molar-refractivity contribution in [1.29, 1.82) is 0 Å². The molecule has 2 saturated heterocycles. The van der Waals surface area contributed by atoms with Crippen LogP contribution in [0, 0.1) is 0 Å². The minimum Gasteiger partial charge on any atom is -0.353 e. The molecule has 34 heavy (non-hydrogen) atoms. The number of hydrogen-bond donors (Lipinski definition) is 2. The van der Waals surface area contributed by atoms with E-state index in [1.165, 1.54) is 31.5 Å². The maximum Gasteiger partial charge on any atom is 0.317 e. The number of hydrogen-bond acceptors (Lipinski definition) is 6. The summed E-state index contributed by atoms with van der Waals surface area (Å²) in [6.07, 6.45) is 8.00. The second-order valence-electron chi connectivity index (χ2n) is 10.0. The van der Waals surface area contributed by atoms with Crippen molar-refractivity contribution >= 4 is 23.4 Å². The molecule has 0 aliphatic carbocycles. The Kier molecular flexibility index (Phi) is 7.88. The molecule has 2 aromatic rings. The van der Waals surface area contributed by atoms with Gasteiger partial charge < -0.3 is 25.3 Å². The van der Waals surface area contributed by atoms with Crippen LogP contribution in [0.5, 0.6) is 0 Å². The molecule has 2 fully saturated rings. The van der Waals surface area contributed by atoms with E-state index in [0.29, 0.717) is 12.0 Å². The lowest BCUT2D eigenvalue weighted by Crippen LogP contribution is -2.50. The molecular weight excluding hydrogens is 426 g/mol. The first kappa shape index (κ1) is 24.3. The number of urea groups is 1. The van der Waals surface area contributed by atoms with E-state index in [9.17, 15) is 4.79 Å². The first-order chi connectivity index (χ1) is 16.4. The number of amides is 2. The van der Waals surface area contributed by atoms with E-state index >= 15 is 0 Å². The monoisotopic (exact) mass is 465 g/mol. The number of carbonyl (C=O) groups is 1. The van der Waals surface area contributed by atoms with Gasteiger partial charge in [-0.3, -0.25) is 4.98 Å². The highest BCUT2D eigenvalue weighted by atomic mass is 16.2. The second kappa shape index (κ2) is 11.0. The molecule has 0 spiro atoms. The average molecular weight is 466 g/mol. The van der Waals surface area contributed by atoms with Crippen molar-refractivity contribution in [2.45, 2.75) is 57.5 Å². The van der Waals surface area contributed by atoms with Gasteiger partial charge in [0.25, 0.3) is 0 Å². The van der Waals surface area contributed by atoms with Crippen LogP contribution in [0.1, 0.15) is 51.0 Å². The highest BCUT2D eigenvalue weighted by Gasteiger charge is 2.24. The Balaban J connectivity index is 1.35. The van der Waals surface area contributed by atoms with Gasteiger partial charge in [-0.2, -0.15) is 0 Å². The van der Waals surface area contributed by atoms with Crippen molar-refractivity contribution in [2.75, 3.05) is 50.5 Å². The van der Waals surface area contributed by atoms with Crippen LogP contribution in [0.3, 0.4) is 0 Å². The molecule has 0 bridgehead atoms. The number of benzene rings is 1. The van der Waals surface area contributed by atoms with Gasteiger partial charge in [0, 0.05) is 45.0 Å². The molecule has 1 atom stereocenters. The molecule has 3 heterocycles. The van der Waals surface area contributed by atoms with Crippen LogP contribution in [-0.4, -0.2) is 78.2 Å². The van der Waals surface area contributed by atoms with Gasteiger partial charge in [-0.15, -0.1) is 0 Å². The Morgan fingerprint density at radius 2 is 1.79 bits per heavy atom. The molecule has 1 aromatic heterocycles. The molecule has 2 aliphatic rings. The third-order valence-electron chi connectivity index (χ3n) is 7.02. The fourth-order valence-corrected chi connectivity index (χ4v) is 4.91. The van der Waals surface area contributed by atoms with Crippen LogP contribution in [0.2, 0.25) is 0 Å². The van der Waals surface area contributed by atoms with Crippen LogP contribution >= 0.6 is 0 Å². The molecule has 184 valence electrons. The van der Waals surface area contributed by atoms with Crippen LogP contribution in [0.4, 0.5) is 22.1 Å². The van der Waals surface area contributed by atoms with Crippen molar-refractivity contribution in [1.82, 2.24) is 25.1 Å². The number of rotatable bonds is 6. The van der Waals surface area contributed by atoms with E-state index in [-0.39, 0.29) is 12.1 Å². The second-order valence-corrected chi connectivity index (χ2v) is 10.0. The molecule has 0 saturated carbocycles. The number of anilines is 3. The highest BCUT2D eigenvalue weighted by molar-refractivity contribution is 5.74. The van der Waals surface area contributed by atoms with Crippen LogP contribution in [0.25, 0.3) is 0 Å². The lowest BCUT2D eigenvalue weighted by Gasteiger charge is -2.34. The van der Waals surface area contributed by atoms with E-state index < -0.39 is 0 Å². The van der Waals surface area contributed by atoms with Crippen molar-refractivity contribution in [3.8, 4) is 0 Å². The number of aromatic nitrogens is 2. The molecular formula is C26H39N7O. The van der Waals surface area contributed by atoms with Gasteiger partial charge in [0.05, 0.1) is 12.4 Å². The molecule has 4 rings (SSSR count). The topological polar surface area (TPSA) is 76.6 Å². The van der Waals surface area contributed by atoms with Gasteiger partial charge in [-0.05, 0) is 76.2 Å².